The van der Waals surface area contributed by atoms with Crippen LogP contribution in [-0.2, 0) is 26.2 Å². The van der Waals surface area contributed by atoms with Crippen LogP contribution in [0.5, 0.6) is 5.75 Å². The maximum absolute atomic E-state index is 13.9. The number of halogens is 1. The molecule has 0 aliphatic heterocycles. The summed E-state index contributed by atoms with van der Waals surface area (Å²) in [5.41, 5.74) is 1.09. The molecule has 0 saturated heterocycles. The zero-order chi connectivity index (χ0) is 29.3. The second-order valence-electron chi connectivity index (χ2n) is 9.39. The highest BCUT2D eigenvalue weighted by molar-refractivity contribution is 7.92. The van der Waals surface area contributed by atoms with Gasteiger partial charge in [-0.05, 0) is 81.3 Å². The summed E-state index contributed by atoms with van der Waals surface area (Å²) in [5, 5.41) is 3.31. The number of benzene rings is 3. The van der Waals surface area contributed by atoms with Gasteiger partial charge in [-0.25, -0.2) is 8.42 Å². The standard InChI is InChI=1S/C30H36ClN3O5S/c1-5-22(3)32-30(36)23(4)33(20-24-10-8-7-9-11-24)29(35)21-34(26-14-16-27(17-15-26)39-6-2)40(37,38)28-18-12-25(31)13-19-28/h7-19,22-23H,5-6,20-21H2,1-4H3,(H,32,36)/t22-,23+/m0/s1. The summed E-state index contributed by atoms with van der Waals surface area (Å²) in [4.78, 5) is 28.4. The molecule has 10 heteroatoms. The van der Waals surface area contributed by atoms with E-state index in [2.05, 4.69) is 5.32 Å². The minimum absolute atomic E-state index is 0.0178. The molecule has 0 unspecified atom stereocenters. The van der Waals surface area contributed by atoms with Gasteiger partial charge >= 0.3 is 0 Å². The monoisotopic (exact) mass is 585 g/mol. The van der Waals surface area contributed by atoms with E-state index in [0.29, 0.717) is 17.4 Å². The molecule has 8 nitrogen and oxygen atoms in total. The SMILES string of the molecule is CCOc1ccc(N(CC(=O)N(Cc2ccccc2)[C@H](C)C(=O)N[C@@H](C)CC)S(=O)(=O)c2ccc(Cl)cc2)cc1. The van der Waals surface area contributed by atoms with Crippen LogP contribution in [0.15, 0.2) is 83.8 Å². The molecule has 0 bridgehead atoms. The molecule has 0 aromatic heterocycles. The average Bonchev–Trinajstić information content (AvgIpc) is 2.95. The Balaban J connectivity index is 2.01. The molecule has 0 aliphatic carbocycles. The molecule has 1 N–H and O–H groups in total. The van der Waals surface area contributed by atoms with E-state index in [0.717, 1.165) is 16.3 Å². The predicted octanol–water partition coefficient (Wildman–Crippen LogP) is 5.27. The van der Waals surface area contributed by atoms with Gasteiger partial charge in [0, 0.05) is 17.6 Å². The van der Waals surface area contributed by atoms with Crippen LogP contribution in [0.3, 0.4) is 0 Å². The molecule has 0 heterocycles. The highest BCUT2D eigenvalue weighted by Crippen LogP contribution is 2.27. The van der Waals surface area contributed by atoms with E-state index in [4.69, 9.17) is 16.3 Å². The van der Waals surface area contributed by atoms with Crippen LogP contribution in [0.1, 0.15) is 39.7 Å². The van der Waals surface area contributed by atoms with Gasteiger partial charge in [-0.15, -0.1) is 0 Å². The molecule has 214 valence electrons. The van der Waals surface area contributed by atoms with Crippen LogP contribution in [-0.4, -0.2) is 50.4 Å². The van der Waals surface area contributed by atoms with E-state index in [9.17, 15) is 18.0 Å². The van der Waals surface area contributed by atoms with Crippen molar-refractivity contribution >= 4 is 39.1 Å². The van der Waals surface area contributed by atoms with Gasteiger partial charge in [-0.2, -0.15) is 0 Å². The predicted molar refractivity (Wildman–Crippen MR) is 158 cm³/mol. The van der Waals surface area contributed by atoms with Crippen molar-refractivity contribution in [3.63, 3.8) is 0 Å². The van der Waals surface area contributed by atoms with Gasteiger partial charge in [0.25, 0.3) is 10.0 Å². The quantitative estimate of drug-likeness (QED) is 0.295. The van der Waals surface area contributed by atoms with Gasteiger partial charge in [-0.3, -0.25) is 13.9 Å². The number of anilines is 1. The third-order valence-electron chi connectivity index (χ3n) is 6.48. The van der Waals surface area contributed by atoms with Gasteiger partial charge in [0.05, 0.1) is 17.2 Å². The van der Waals surface area contributed by atoms with Crippen molar-refractivity contribution in [2.45, 2.75) is 57.6 Å². The highest BCUT2D eigenvalue weighted by atomic mass is 35.5. The lowest BCUT2D eigenvalue weighted by atomic mass is 10.1. The Labute approximate surface area is 241 Å². The first-order valence-electron chi connectivity index (χ1n) is 13.2. The second kappa shape index (κ2) is 14.2. The largest absolute Gasteiger partial charge is 0.494 e. The summed E-state index contributed by atoms with van der Waals surface area (Å²) in [6.07, 6.45) is 0.732. The van der Waals surface area contributed by atoms with Crippen LogP contribution in [0.25, 0.3) is 0 Å². The van der Waals surface area contributed by atoms with Crippen molar-refractivity contribution in [2.24, 2.45) is 0 Å². The van der Waals surface area contributed by atoms with Gasteiger partial charge < -0.3 is 15.0 Å². The van der Waals surface area contributed by atoms with Crippen molar-refractivity contribution in [3.05, 3.63) is 89.4 Å². The molecule has 3 aromatic carbocycles. The van der Waals surface area contributed by atoms with Crippen LogP contribution in [0.4, 0.5) is 5.69 Å². The van der Waals surface area contributed by atoms with E-state index in [1.54, 1.807) is 31.2 Å². The summed E-state index contributed by atoms with van der Waals surface area (Å²) in [6, 6.07) is 20.6. The van der Waals surface area contributed by atoms with Crippen molar-refractivity contribution in [1.82, 2.24) is 10.2 Å². The van der Waals surface area contributed by atoms with E-state index in [-0.39, 0.29) is 29.1 Å². The minimum Gasteiger partial charge on any atom is -0.494 e. The Kier molecular flexibility index (Phi) is 11.0. The van der Waals surface area contributed by atoms with E-state index < -0.39 is 28.5 Å². The summed E-state index contributed by atoms with van der Waals surface area (Å²) < 4.78 is 34.3. The number of carbonyl (C=O) groups excluding carboxylic acids is 2. The lowest BCUT2D eigenvalue weighted by molar-refractivity contribution is -0.139. The van der Waals surface area contributed by atoms with E-state index in [1.165, 1.54) is 29.2 Å². The first-order valence-corrected chi connectivity index (χ1v) is 15.0. The topological polar surface area (TPSA) is 96.0 Å². The zero-order valence-electron chi connectivity index (χ0n) is 23.2. The molecule has 0 saturated carbocycles. The fraction of sp³-hybridized carbons (Fsp3) is 0.333. The van der Waals surface area contributed by atoms with Crippen molar-refractivity contribution in [1.29, 1.82) is 0 Å². The van der Waals surface area contributed by atoms with Crippen molar-refractivity contribution in [2.75, 3.05) is 17.5 Å². The van der Waals surface area contributed by atoms with Crippen LogP contribution < -0.4 is 14.4 Å². The molecule has 0 spiro atoms. The molecule has 2 atom stereocenters. The molecule has 2 amide bonds. The van der Waals surface area contributed by atoms with Crippen LogP contribution in [0.2, 0.25) is 5.02 Å². The van der Waals surface area contributed by atoms with Gasteiger partial charge in [0.2, 0.25) is 11.8 Å². The summed E-state index contributed by atoms with van der Waals surface area (Å²) in [6.45, 7) is 7.41. The number of nitrogens with zero attached hydrogens (tertiary/aromatic N) is 2. The Bertz CT molecular complexity index is 1370. The van der Waals surface area contributed by atoms with Gasteiger partial charge in [0.15, 0.2) is 0 Å². The number of hydrogen-bond acceptors (Lipinski definition) is 5. The van der Waals surface area contributed by atoms with Crippen LogP contribution >= 0.6 is 11.6 Å². The Hall–Kier alpha value is -3.56. The molecular formula is C30H36ClN3O5S. The number of carbonyl (C=O) groups is 2. The second-order valence-corrected chi connectivity index (χ2v) is 11.7. The first kappa shape index (κ1) is 31.0. The van der Waals surface area contributed by atoms with E-state index >= 15 is 0 Å². The Morgan fingerprint density at radius 1 is 0.925 bits per heavy atom. The van der Waals surface area contributed by atoms with E-state index in [1.807, 2.05) is 51.1 Å². The molecule has 0 radical (unpaired) electrons. The first-order chi connectivity index (χ1) is 19.1. The molecule has 3 aromatic rings. The lowest BCUT2D eigenvalue weighted by Gasteiger charge is -2.32. The lowest BCUT2D eigenvalue weighted by Crippen LogP contribution is -2.52. The highest BCUT2D eigenvalue weighted by Gasteiger charge is 2.32. The molecule has 0 fully saturated rings. The fourth-order valence-corrected chi connectivity index (χ4v) is 5.51. The molecule has 0 aliphatic rings. The normalized spacial score (nSPS) is 12.7. The van der Waals surface area contributed by atoms with Crippen molar-refractivity contribution in [3.8, 4) is 5.75 Å². The Morgan fingerprint density at radius 3 is 2.12 bits per heavy atom. The number of sulfonamides is 1. The maximum Gasteiger partial charge on any atom is 0.264 e. The summed E-state index contributed by atoms with van der Waals surface area (Å²) in [7, 11) is -4.18. The minimum atomic E-state index is -4.18. The zero-order valence-corrected chi connectivity index (χ0v) is 24.8. The van der Waals surface area contributed by atoms with Gasteiger partial charge in [0.1, 0.15) is 18.3 Å². The summed E-state index contributed by atoms with van der Waals surface area (Å²) >= 11 is 6.00. The number of rotatable bonds is 13. The third kappa shape index (κ3) is 7.99. The molecule has 3 rings (SSSR count). The summed E-state index contributed by atoms with van der Waals surface area (Å²) in [5.74, 6) is -0.267. The number of hydrogen-bond donors (Lipinski definition) is 1. The Morgan fingerprint density at radius 2 is 1.55 bits per heavy atom. The average molecular weight is 586 g/mol. The molecule has 40 heavy (non-hydrogen) atoms. The third-order valence-corrected chi connectivity index (χ3v) is 8.52. The van der Waals surface area contributed by atoms with Crippen LogP contribution in [0, 0.1) is 0 Å². The number of ether oxygens (including phenoxy) is 1. The maximum atomic E-state index is 13.9. The number of amides is 2. The van der Waals surface area contributed by atoms with Crippen molar-refractivity contribution < 1.29 is 22.7 Å². The smallest absolute Gasteiger partial charge is 0.264 e. The number of nitrogens with one attached hydrogen (secondary N) is 1. The molecular weight excluding hydrogens is 550 g/mol. The fourth-order valence-electron chi connectivity index (χ4n) is 3.97. The van der Waals surface area contributed by atoms with Gasteiger partial charge in [-0.1, -0.05) is 48.9 Å².